The Morgan fingerprint density at radius 2 is 2.00 bits per heavy atom. The third kappa shape index (κ3) is 2.02. The highest BCUT2D eigenvalue weighted by atomic mass is 32.2. The fourth-order valence-corrected chi connectivity index (χ4v) is 3.94. The Morgan fingerprint density at radius 3 is 2.68 bits per heavy atom. The van der Waals surface area contributed by atoms with E-state index in [2.05, 4.69) is 4.99 Å². The normalized spacial score (nSPS) is 15.8. The monoisotopic (exact) mass is 291 g/mol. The molecule has 0 fully saturated rings. The quantitative estimate of drug-likeness (QED) is 0.923. The van der Waals surface area contributed by atoms with Crippen molar-refractivity contribution in [3.63, 3.8) is 0 Å². The van der Waals surface area contributed by atoms with Crippen LogP contribution < -0.4 is 4.74 Å². The van der Waals surface area contributed by atoms with Gasteiger partial charge in [0.1, 0.15) is 5.71 Å². The summed E-state index contributed by atoms with van der Waals surface area (Å²) in [6.45, 7) is 0. The molecule has 0 spiro atoms. The van der Waals surface area contributed by atoms with Gasteiger partial charge in [-0.3, -0.25) is 4.79 Å². The van der Waals surface area contributed by atoms with Gasteiger partial charge in [0, 0.05) is 0 Å². The van der Waals surface area contributed by atoms with Crippen molar-refractivity contribution in [2.24, 2.45) is 4.99 Å². The number of para-hydroxylation sites is 1. The van der Waals surface area contributed by atoms with Gasteiger partial charge in [0.2, 0.25) is 10.2 Å². The molecule has 1 N–H and O–H groups in total. The summed E-state index contributed by atoms with van der Waals surface area (Å²) in [5.41, 5.74) is 1.08. The van der Waals surface area contributed by atoms with Crippen molar-refractivity contribution in [2.75, 3.05) is 7.11 Å². The van der Waals surface area contributed by atoms with Crippen LogP contribution in [0.4, 0.5) is 5.69 Å². The molecular formula is C13H9NO3S2. The molecule has 1 aromatic heterocycles. The maximum absolute atomic E-state index is 12.0. The van der Waals surface area contributed by atoms with Crippen LogP contribution in [0.2, 0.25) is 0 Å². The number of aliphatic imine (C=N–C) groups is 1. The van der Waals surface area contributed by atoms with Crippen molar-refractivity contribution >= 4 is 39.6 Å². The summed E-state index contributed by atoms with van der Waals surface area (Å²) in [4.78, 5) is 17.7. The summed E-state index contributed by atoms with van der Waals surface area (Å²) in [6, 6.07) is 9.26. The van der Waals surface area contributed by atoms with Crippen LogP contribution in [0.3, 0.4) is 0 Å². The van der Waals surface area contributed by atoms with Gasteiger partial charge in [0.25, 0.3) is 0 Å². The van der Waals surface area contributed by atoms with E-state index in [0.29, 0.717) is 26.9 Å². The minimum atomic E-state index is -0.122. The van der Waals surface area contributed by atoms with Gasteiger partial charge in [0.05, 0.1) is 22.6 Å². The Labute approximate surface area is 117 Å². The Morgan fingerprint density at radius 1 is 1.26 bits per heavy atom. The minimum absolute atomic E-state index is 0.0771. The van der Waals surface area contributed by atoms with Crippen LogP contribution >= 0.6 is 23.1 Å². The number of aromatic hydroxyl groups is 1. The van der Waals surface area contributed by atoms with Gasteiger partial charge in [-0.15, -0.1) is 0 Å². The molecule has 4 nitrogen and oxygen atoms in total. The van der Waals surface area contributed by atoms with E-state index in [-0.39, 0.29) is 10.2 Å². The van der Waals surface area contributed by atoms with E-state index in [1.165, 1.54) is 7.11 Å². The second kappa shape index (κ2) is 4.71. The highest BCUT2D eigenvalue weighted by Gasteiger charge is 2.35. The van der Waals surface area contributed by atoms with Crippen molar-refractivity contribution < 1.29 is 14.6 Å². The topological polar surface area (TPSA) is 58.9 Å². The van der Waals surface area contributed by atoms with E-state index in [4.69, 9.17) is 4.74 Å². The number of benzene rings is 1. The highest BCUT2D eigenvalue weighted by molar-refractivity contribution is 8.16. The van der Waals surface area contributed by atoms with Crippen LogP contribution in [0.25, 0.3) is 0 Å². The smallest absolute Gasteiger partial charge is 0.244 e. The van der Waals surface area contributed by atoms with E-state index in [9.17, 15) is 9.90 Å². The number of ether oxygens (including phenoxy) is 1. The summed E-state index contributed by atoms with van der Waals surface area (Å²) < 4.78 is 5.11. The number of hydrogen-bond donors (Lipinski definition) is 1. The largest absolute Gasteiger partial charge is 0.497 e. The third-order valence-corrected chi connectivity index (χ3v) is 4.69. The minimum Gasteiger partial charge on any atom is -0.497 e. The van der Waals surface area contributed by atoms with Gasteiger partial charge in [-0.05, 0) is 23.9 Å². The second-order valence-corrected chi connectivity index (χ2v) is 5.77. The van der Waals surface area contributed by atoms with E-state index >= 15 is 0 Å². The summed E-state index contributed by atoms with van der Waals surface area (Å²) in [7, 11) is 1.47. The molecule has 2 heterocycles. The maximum atomic E-state index is 12.0. The summed E-state index contributed by atoms with van der Waals surface area (Å²) in [6.07, 6.45) is 0. The Bertz CT molecular complexity index is 677. The van der Waals surface area contributed by atoms with Crippen molar-refractivity contribution in [1.82, 2.24) is 0 Å². The first kappa shape index (κ1) is 12.3. The van der Waals surface area contributed by atoms with Crippen LogP contribution in [0.5, 0.6) is 10.8 Å². The molecule has 1 aliphatic heterocycles. The molecule has 0 unspecified atom stereocenters. The zero-order valence-electron chi connectivity index (χ0n) is 9.91. The lowest BCUT2D eigenvalue weighted by molar-refractivity contribution is -0.105. The first-order valence-electron chi connectivity index (χ1n) is 5.46. The van der Waals surface area contributed by atoms with Crippen molar-refractivity contribution in [2.45, 2.75) is 4.90 Å². The molecule has 0 atom stereocenters. The van der Waals surface area contributed by atoms with E-state index in [1.807, 2.05) is 30.3 Å². The average Bonchev–Trinajstić information content (AvgIpc) is 2.87. The standard InChI is InChI=1S/C13H9NO3S2/c1-17-9-11-10(18-13(9)16)8(12(15)19-11)14-7-5-3-2-4-6-7/h2-6,16H,1H3. The zero-order chi connectivity index (χ0) is 13.4. The zero-order valence-corrected chi connectivity index (χ0v) is 11.5. The third-order valence-electron chi connectivity index (χ3n) is 2.61. The molecule has 0 radical (unpaired) electrons. The van der Waals surface area contributed by atoms with Crippen molar-refractivity contribution in [3.05, 3.63) is 35.2 Å². The molecule has 0 bridgehead atoms. The number of thioether (sulfide) groups is 1. The lowest BCUT2D eigenvalue weighted by Crippen LogP contribution is -2.03. The molecule has 0 amide bonds. The number of carbonyl (C=O) groups excluding carboxylic acids is 1. The first-order chi connectivity index (χ1) is 9.20. The van der Waals surface area contributed by atoms with Crippen LogP contribution in [0.15, 0.2) is 40.2 Å². The molecule has 6 heteroatoms. The van der Waals surface area contributed by atoms with Gasteiger partial charge in [0.15, 0.2) is 5.75 Å². The van der Waals surface area contributed by atoms with Crippen LogP contribution in [-0.2, 0) is 4.79 Å². The molecule has 96 valence electrons. The predicted octanol–water partition coefficient (Wildman–Crippen LogP) is 3.22. The molecule has 0 saturated carbocycles. The first-order valence-corrected chi connectivity index (χ1v) is 7.10. The number of thiophene rings is 1. The molecule has 0 saturated heterocycles. The molecular weight excluding hydrogens is 282 g/mol. The Balaban J connectivity index is 2.11. The lowest BCUT2D eigenvalue weighted by Gasteiger charge is -1.97. The SMILES string of the molecule is COc1c(O)sc2c1SC(=O)C2=Nc1ccccc1. The van der Waals surface area contributed by atoms with Gasteiger partial charge in [-0.2, -0.15) is 0 Å². The molecule has 0 aliphatic carbocycles. The number of rotatable bonds is 2. The Kier molecular flexibility index (Phi) is 3.04. The highest BCUT2D eigenvalue weighted by Crippen LogP contribution is 2.51. The number of methoxy groups -OCH3 is 1. The Hall–Kier alpha value is -1.79. The lowest BCUT2D eigenvalue weighted by atomic mass is 10.3. The fourth-order valence-electron chi connectivity index (χ4n) is 1.78. The number of fused-ring (bicyclic) bond motifs is 1. The summed E-state index contributed by atoms with van der Waals surface area (Å²) >= 11 is 2.16. The number of nitrogens with zero attached hydrogens (tertiary/aromatic N) is 1. The van der Waals surface area contributed by atoms with E-state index in [0.717, 1.165) is 23.1 Å². The summed E-state index contributed by atoms with van der Waals surface area (Å²) in [5.74, 6) is 0.358. The summed E-state index contributed by atoms with van der Waals surface area (Å²) in [5, 5.41) is 9.72. The van der Waals surface area contributed by atoms with Gasteiger partial charge in [-0.1, -0.05) is 29.5 Å². The number of hydrogen-bond acceptors (Lipinski definition) is 6. The van der Waals surface area contributed by atoms with Crippen LogP contribution in [-0.4, -0.2) is 23.0 Å². The molecule has 1 aliphatic rings. The second-order valence-electron chi connectivity index (χ2n) is 3.78. The van der Waals surface area contributed by atoms with E-state index in [1.54, 1.807) is 0 Å². The maximum Gasteiger partial charge on any atom is 0.244 e. The van der Waals surface area contributed by atoms with Crippen LogP contribution in [0.1, 0.15) is 4.88 Å². The average molecular weight is 291 g/mol. The van der Waals surface area contributed by atoms with Gasteiger partial charge < -0.3 is 9.84 Å². The predicted molar refractivity (Wildman–Crippen MR) is 76.0 cm³/mol. The fraction of sp³-hybridized carbons (Fsp3) is 0.0769. The van der Waals surface area contributed by atoms with Crippen molar-refractivity contribution in [3.8, 4) is 10.8 Å². The van der Waals surface area contributed by atoms with Gasteiger partial charge >= 0.3 is 0 Å². The molecule has 19 heavy (non-hydrogen) atoms. The molecule has 2 aromatic rings. The molecule has 1 aromatic carbocycles. The van der Waals surface area contributed by atoms with Gasteiger partial charge in [-0.25, -0.2) is 4.99 Å². The van der Waals surface area contributed by atoms with E-state index < -0.39 is 0 Å². The number of carbonyl (C=O) groups is 1. The van der Waals surface area contributed by atoms with Crippen LogP contribution in [0, 0.1) is 0 Å². The molecule has 3 rings (SSSR count). The van der Waals surface area contributed by atoms with Crippen molar-refractivity contribution in [1.29, 1.82) is 0 Å².